The van der Waals surface area contributed by atoms with Crippen LogP contribution in [0.2, 0.25) is 5.02 Å². The van der Waals surface area contributed by atoms with E-state index >= 15 is 0 Å². The van der Waals surface area contributed by atoms with Gasteiger partial charge in [-0.15, -0.1) is 0 Å². The highest BCUT2D eigenvalue weighted by molar-refractivity contribution is 6.53. The molecular formula is C28H22Cl2F3N3O3. The Balaban J connectivity index is 1.50. The molecule has 3 aromatic carbocycles. The number of benzene rings is 3. The Bertz CT molecular complexity index is 1470. The standard InChI is InChI=1S/C28H22Cl2F3N3O3/c1-2-3-5-16-8-11-20(12-9-16)36-26(38)23(30)24(27(36)39)34-18-7-4-6-17(14-18)25(37)35-19-10-13-22(29)21(15-19)28(31,32)33/h4,6-15,34H,2-3,5H2,1H3,(H,35,37). The van der Waals surface area contributed by atoms with E-state index in [1.165, 1.54) is 24.3 Å². The van der Waals surface area contributed by atoms with Crippen LogP contribution in [0.4, 0.5) is 30.2 Å². The molecule has 0 atom stereocenters. The van der Waals surface area contributed by atoms with Gasteiger partial charge in [0, 0.05) is 16.9 Å². The van der Waals surface area contributed by atoms with E-state index in [0.717, 1.165) is 41.9 Å². The number of unbranched alkanes of at least 4 members (excludes halogenated alkanes) is 1. The lowest BCUT2D eigenvalue weighted by Crippen LogP contribution is -2.32. The fourth-order valence-electron chi connectivity index (χ4n) is 3.94. The van der Waals surface area contributed by atoms with Crippen molar-refractivity contribution in [2.75, 3.05) is 15.5 Å². The fraction of sp³-hybridized carbons (Fsp3) is 0.179. The highest BCUT2D eigenvalue weighted by atomic mass is 35.5. The van der Waals surface area contributed by atoms with Crippen molar-refractivity contribution in [2.24, 2.45) is 0 Å². The lowest BCUT2D eigenvalue weighted by Gasteiger charge is -2.16. The zero-order valence-electron chi connectivity index (χ0n) is 20.5. The number of anilines is 3. The molecule has 2 N–H and O–H groups in total. The van der Waals surface area contributed by atoms with Gasteiger partial charge >= 0.3 is 6.18 Å². The van der Waals surface area contributed by atoms with Crippen LogP contribution in [0.3, 0.4) is 0 Å². The van der Waals surface area contributed by atoms with Gasteiger partial charge in [0.2, 0.25) is 0 Å². The van der Waals surface area contributed by atoms with Crippen molar-refractivity contribution in [3.63, 3.8) is 0 Å². The summed E-state index contributed by atoms with van der Waals surface area (Å²) in [7, 11) is 0. The number of halogens is 5. The fourth-order valence-corrected chi connectivity index (χ4v) is 4.38. The molecule has 0 unspecified atom stereocenters. The lowest BCUT2D eigenvalue weighted by molar-refractivity contribution is -0.137. The van der Waals surface area contributed by atoms with E-state index in [9.17, 15) is 27.6 Å². The maximum atomic E-state index is 13.1. The average molecular weight is 576 g/mol. The van der Waals surface area contributed by atoms with Gasteiger partial charge in [-0.1, -0.05) is 54.7 Å². The third kappa shape index (κ3) is 6.26. The van der Waals surface area contributed by atoms with Gasteiger partial charge < -0.3 is 10.6 Å². The van der Waals surface area contributed by atoms with Crippen molar-refractivity contribution >= 4 is 58.0 Å². The minimum absolute atomic E-state index is 0.0801. The number of hydrogen-bond acceptors (Lipinski definition) is 4. The van der Waals surface area contributed by atoms with E-state index in [-0.39, 0.29) is 27.7 Å². The second kappa shape index (κ2) is 11.5. The first-order valence-electron chi connectivity index (χ1n) is 11.9. The third-order valence-electron chi connectivity index (χ3n) is 5.96. The van der Waals surface area contributed by atoms with Crippen molar-refractivity contribution in [2.45, 2.75) is 32.4 Å². The normalized spacial score (nSPS) is 13.7. The van der Waals surface area contributed by atoms with E-state index in [4.69, 9.17) is 23.2 Å². The van der Waals surface area contributed by atoms with Crippen molar-refractivity contribution in [1.29, 1.82) is 0 Å². The smallest absolute Gasteiger partial charge is 0.350 e. The SMILES string of the molecule is CCCCc1ccc(N2C(=O)C(Cl)=C(Nc3cccc(C(=O)Nc4ccc(Cl)c(C(F)(F)F)c4)c3)C2=O)cc1. The molecule has 3 aromatic rings. The summed E-state index contributed by atoms with van der Waals surface area (Å²) in [5, 5.41) is 4.39. The maximum Gasteiger partial charge on any atom is 0.417 e. The molecule has 1 aliphatic rings. The molecule has 1 heterocycles. The minimum Gasteiger partial charge on any atom is -0.350 e. The van der Waals surface area contributed by atoms with Crippen LogP contribution in [-0.2, 0) is 22.2 Å². The predicted molar refractivity (Wildman–Crippen MR) is 145 cm³/mol. The number of carbonyl (C=O) groups is 3. The van der Waals surface area contributed by atoms with Crippen molar-refractivity contribution in [3.05, 3.63) is 99.2 Å². The van der Waals surface area contributed by atoms with Gasteiger partial charge in [0.25, 0.3) is 17.7 Å². The van der Waals surface area contributed by atoms with Gasteiger partial charge in [-0.05, 0) is 66.9 Å². The number of aryl methyl sites for hydroxylation is 1. The van der Waals surface area contributed by atoms with Crippen LogP contribution in [0.25, 0.3) is 0 Å². The summed E-state index contributed by atoms with van der Waals surface area (Å²) in [6, 6.07) is 15.9. The molecule has 0 radical (unpaired) electrons. The van der Waals surface area contributed by atoms with E-state index in [1.54, 1.807) is 18.2 Å². The Morgan fingerprint density at radius 3 is 2.31 bits per heavy atom. The predicted octanol–water partition coefficient (Wildman–Crippen LogP) is 7.39. The molecule has 0 saturated heterocycles. The van der Waals surface area contributed by atoms with Gasteiger partial charge in [0.05, 0.1) is 16.3 Å². The Morgan fingerprint density at radius 2 is 1.64 bits per heavy atom. The molecule has 1 aliphatic heterocycles. The number of hydrogen-bond donors (Lipinski definition) is 2. The van der Waals surface area contributed by atoms with Gasteiger partial charge in [0.15, 0.2) is 0 Å². The van der Waals surface area contributed by atoms with Crippen molar-refractivity contribution < 1.29 is 27.6 Å². The van der Waals surface area contributed by atoms with Crippen LogP contribution in [-0.4, -0.2) is 17.7 Å². The summed E-state index contributed by atoms with van der Waals surface area (Å²) in [5.74, 6) is -2.06. The molecule has 0 aliphatic carbocycles. The topological polar surface area (TPSA) is 78.5 Å². The Labute approximate surface area is 232 Å². The highest BCUT2D eigenvalue weighted by Gasteiger charge is 2.39. The number of carbonyl (C=O) groups excluding carboxylic acids is 3. The molecule has 3 amide bonds. The number of nitrogens with zero attached hydrogens (tertiary/aromatic N) is 1. The molecule has 11 heteroatoms. The van der Waals surface area contributed by atoms with Crippen LogP contribution in [0.5, 0.6) is 0 Å². The number of imide groups is 1. The van der Waals surface area contributed by atoms with E-state index in [0.29, 0.717) is 5.69 Å². The second-order valence-electron chi connectivity index (χ2n) is 8.76. The second-order valence-corrected chi connectivity index (χ2v) is 9.54. The minimum atomic E-state index is -4.69. The summed E-state index contributed by atoms with van der Waals surface area (Å²) in [4.78, 5) is 39.6. The molecule has 0 aromatic heterocycles. The summed E-state index contributed by atoms with van der Waals surface area (Å²) >= 11 is 11.8. The first-order valence-corrected chi connectivity index (χ1v) is 12.7. The van der Waals surface area contributed by atoms with Crippen molar-refractivity contribution in [1.82, 2.24) is 0 Å². The third-order valence-corrected chi connectivity index (χ3v) is 6.64. The molecule has 39 heavy (non-hydrogen) atoms. The summed E-state index contributed by atoms with van der Waals surface area (Å²) in [6.07, 6.45) is -1.74. The molecule has 6 nitrogen and oxygen atoms in total. The first-order chi connectivity index (χ1) is 18.5. The van der Waals surface area contributed by atoms with E-state index in [2.05, 4.69) is 17.6 Å². The molecule has 0 saturated carbocycles. The Hall–Kier alpha value is -3.82. The van der Waals surface area contributed by atoms with Crippen molar-refractivity contribution in [3.8, 4) is 0 Å². The number of amides is 3. The molecule has 0 bridgehead atoms. The van der Waals surface area contributed by atoms with E-state index < -0.39 is 34.5 Å². The van der Waals surface area contributed by atoms with Crippen LogP contribution in [0.15, 0.2) is 77.5 Å². The number of alkyl halides is 3. The zero-order valence-corrected chi connectivity index (χ0v) is 22.0. The Morgan fingerprint density at radius 1 is 0.923 bits per heavy atom. The van der Waals surface area contributed by atoms with Gasteiger partial charge in [-0.3, -0.25) is 14.4 Å². The van der Waals surface area contributed by atoms with Crippen LogP contribution in [0.1, 0.15) is 41.3 Å². The summed E-state index contributed by atoms with van der Waals surface area (Å²) in [6.45, 7) is 2.09. The molecule has 0 fully saturated rings. The highest BCUT2D eigenvalue weighted by Crippen LogP contribution is 2.36. The molecular weight excluding hydrogens is 554 g/mol. The lowest BCUT2D eigenvalue weighted by atomic mass is 10.1. The molecule has 4 rings (SSSR count). The quantitative estimate of drug-likeness (QED) is 0.274. The summed E-state index contributed by atoms with van der Waals surface area (Å²) < 4.78 is 39.4. The number of nitrogens with one attached hydrogen (secondary N) is 2. The van der Waals surface area contributed by atoms with Gasteiger partial charge in [0.1, 0.15) is 10.7 Å². The van der Waals surface area contributed by atoms with Crippen LogP contribution >= 0.6 is 23.2 Å². The Kier molecular flexibility index (Phi) is 8.32. The van der Waals surface area contributed by atoms with Gasteiger partial charge in [-0.25, -0.2) is 4.90 Å². The van der Waals surface area contributed by atoms with Crippen LogP contribution < -0.4 is 15.5 Å². The molecule has 0 spiro atoms. The zero-order chi connectivity index (χ0) is 28.3. The van der Waals surface area contributed by atoms with E-state index in [1.807, 2.05) is 12.1 Å². The first kappa shape index (κ1) is 28.2. The van der Waals surface area contributed by atoms with Gasteiger partial charge in [-0.2, -0.15) is 13.2 Å². The molecule has 202 valence electrons. The monoisotopic (exact) mass is 575 g/mol. The number of rotatable bonds is 8. The van der Waals surface area contributed by atoms with Crippen LogP contribution in [0, 0.1) is 0 Å². The maximum absolute atomic E-state index is 13.1. The summed E-state index contributed by atoms with van der Waals surface area (Å²) in [5.41, 5.74) is 0.450. The largest absolute Gasteiger partial charge is 0.417 e. The average Bonchev–Trinajstić information content (AvgIpc) is 3.11.